The van der Waals surface area contributed by atoms with Crippen molar-refractivity contribution in [1.82, 2.24) is 14.9 Å². The molecule has 3 aromatic rings. The molecule has 0 atom stereocenters. The molecule has 1 aliphatic rings. The predicted molar refractivity (Wildman–Crippen MR) is 133 cm³/mol. The van der Waals surface area contributed by atoms with E-state index in [4.69, 9.17) is 4.74 Å². The van der Waals surface area contributed by atoms with Gasteiger partial charge in [0.15, 0.2) is 0 Å². The molecule has 0 radical (unpaired) electrons. The van der Waals surface area contributed by atoms with Crippen molar-refractivity contribution in [3.8, 4) is 11.5 Å². The van der Waals surface area contributed by atoms with E-state index in [1.54, 1.807) is 12.1 Å². The second-order valence-electron chi connectivity index (χ2n) is 8.80. The Balaban J connectivity index is 1.76. The fraction of sp³-hybridized carbons (Fsp3) is 0.400. The number of alkyl halides is 3. The number of anilines is 1. The van der Waals surface area contributed by atoms with Gasteiger partial charge >= 0.3 is 6.36 Å². The van der Waals surface area contributed by atoms with Gasteiger partial charge in [-0.15, -0.1) is 13.2 Å². The zero-order valence-corrected chi connectivity index (χ0v) is 21.4. The van der Waals surface area contributed by atoms with E-state index in [1.807, 2.05) is 19.0 Å². The number of sulfone groups is 1. The van der Waals surface area contributed by atoms with Gasteiger partial charge in [0, 0.05) is 37.8 Å². The third kappa shape index (κ3) is 6.62. The summed E-state index contributed by atoms with van der Waals surface area (Å²) in [6, 6.07) is 9.73. The number of halogens is 3. The van der Waals surface area contributed by atoms with Crippen LogP contribution < -0.4 is 14.9 Å². The van der Waals surface area contributed by atoms with Crippen LogP contribution in [0.4, 0.5) is 18.9 Å². The summed E-state index contributed by atoms with van der Waals surface area (Å²) in [5, 5.41) is 2.04. The molecule has 0 amide bonds. The molecule has 1 aromatic heterocycles. The summed E-state index contributed by atoms with van der Waals surface area (Å²) in [6.45, 7) is 5.21. The third-order valence-electron chi connectivity index (χ3n) is 6.00. The zero-order chi connectivity index (χ0) is 26.6. The topological polar surface area (TPSA) is 84.0 Å². The number of hydrogen-bond donors (Lipinski definition) is 1. The molecular weight excluding hydrogens is 509 g/mol. The Morgan fingerprint density at radius 3 is 2.35 bits per heavy atom. The highest BCUT2D eigenvalue weighted by Crippen LogP contribution is 2.36. The molecule has 1 N–H and O–H groups in total. The molecular formula is C25H29F3N4O4S. The average molecular weight is 539 g/mol. The largest absolute Gasteiger partial charge is 0.573 e. The number of aromatic nitrogens is 1. The highest BCUT2D eigenvalue weighted by Gasteiger charge is 2.32. The molecule has 0 bridgehead atoms. The van der Waals surface area contributed by atoms with Gasteiger partial charge in [0.25, 0.3) is 0 Å². The van der Waals surface area contributed by atoms with Gasteiger partial charge in [0.05, 0.1) is 22.7 Å². The zero-order valence-electron chi connectivity index (χ0n) is 20.6. The standard InChI is InChI=1S/C25H29F3N4O4S/c1-3-4-15-35-18-5-8-20(9-6-18)37(33,34)23-17-29-22-10-7-19(36-25(26,27)28)16-21(22)24(23)30-32-13-11-31(2)12-14-32/h5-10,16-17H,3-4,11-15H2,1-2H3,(H,29,30). The molecule has 0 aliphatic carbocycles. The van der Waals surface area contributed by atoms with Crippen molar-refractivity contribution in [2.24, 2.45) is 0 Å². The van der Waals surface area contributed by atoms with Crippen molar-refractivity contribution < 1.29 is 31.1 Å². The Labute approximate surface area is 213 Å². The van der Waals surface area contributed by atoms with Gasteiger partial charge in [-0.2, -0.15) is 0 Å². The number of hydrazine groups is 1. The molecule has 1 aliphatic heterocycles. The van der Waals surface area contributed by atoms with Crippen LogP contribution in [0.15, 0.2) is 58.5 Å². The van der Waals surface area contributed by atoms with Crippen molar-refractivity contribution >= 4 is 26.4 Å². The van der Waals surface area contributed by atoms with Gasteiger partial charge in [0.1, 0.15) is 16.4 Å². The summed E-state index contributed by atoms with van der Waals surface area (Å²) in [6.07, 6.45) is -1.81. The number of benzene rings is 2. The van der Waals surface area contributed by atoms with Crippen LogP contribution in [0.1, 0.15) is 19.8 Å². The molecule has 0 spiro atoms. The first-order chi connectivity index (χ1) is 17.6. The fourth-order valence-electron chi connectivity index (χ4n) is 3.92. The minimum Gasteiger partial charge on any atom is -0.494 e. The Hall–Kier alpha value is -3.09. The van der Waals surface area contributed by atoms with Gasteiger partial charge in [-0.3, -0.25) is 4.98 Å². The van der Waals surface area contributed by atoms with Crippen molar-refractivity contribution in [3.63, 3.8) is 0 Å². The molecule has 0 saturated carbocycles. The number of hydrogen-bond acceptors (Lipinski definition) is 8. The molecule has 1 saturated heterocycles. The smallest absolute Gasteiger partial charge is 0.494 e. The van der Waals surface area contributed by atoms with E-state index in [1.165, 1.54) is 24.4 Å². The molecule has 200 valence electrons. The maximum atomic E-state index is 13.7. The first kappa shape index (κ1) is 27.0. The SMILES string of the molecule is CCCCOc1ccc(S(=O)(=O)c2cnc3ccc(OC(F)(F)F)cc3c2NN2CCN(C)CC2)cc1. The number of likely N-dealkylation sites (N-methyl/N-ethyl adjacent to an activating group) is 1. The number of unbranched alkanes of at least 4 members (excludes halogenated alkanes) is 1. The number of piperazine rings is 1. The van der Waals surface area contributed by atoms with E-state index in [9.17, 15) is 21.6 Å². The van der Waals surface area contributed by atoms with E-state index in [-0.39, 0.29) is 20.9 Å². The van der Waals surface area contributed by atoms with Crippen LogP contribution >= 0.6 is 0 Å². The second kappa shape index (κ2) is 11.1. The van der Waals surface area contributed by atoms with Crippen molar-refractivity contribution in [2.45, 2.75) is 35.9 Å². The number of fused-ring (bicyclic) bond motifs is 1. The van der Waals surface area contributed by atoms with E-state index >= 15 is 0 Å². The second-order valence-corrected chi connectivity index (χ2v) is 10.7. The van der Waals surface area contributed by atoms with Crippen LogP contribution in [0.3, 0.4) is 0 Å². The van der Waals surface area contributed by atoms with Crippen molar-refractivity contribution in [3.05, 3.63) is 48.7 Å². The maximum absolute atomic E-state index is 13.7. The van der Waals surface area contributed by atoms with E-state index in [2.05, 4.69) is 20.0 Å². The third-order valence-corrected chi connectivity index (χ3v) is 7.78. The lowest BCUT2D eigenvalue weighted by Crippen LogP contribution is -2.47. The maximum Gasteiger partial charge on any atom is 0.573 e. The first-order valence-corrected chi connectivity index (χ1v) is 13.4. The molecule has 4 rings (SSSR count). The molecule has 2 aromatic carbocycles. The number of ether oxygens (including phenoxy) is 2. The van der Waals surface area contributed by atoms with Crippen LogP contribution in [0.5, 0.6) is 11.5 Å². The molecule has 2 heterocycles. The highest BCUT2D eigenvalue weighted by molar-refractivity contribution is 7.91. The summed E-state index contributed by atoms with van der Waals surface area (Å²) in [5.74, 6) is 0.0834. The minimum atomic E-state index is -4.89. The number of nitrogens with zero attached hydrogens (tertiary/aromatic N) is 3. The Morgan fingerprint density at radius 2 is 1.70 bits per heavy atom. The Morgan fingerprint density at radius 1 is 1.03 bits per heavy atom. The average Bonchev–Trinajstić information content (AvgIpc) is 2.85. The summed E-state index contributed by atoms with van der Waals surface area (Å²) < 4.78 is 75.9. The molecule has 37 heavy (non-hydrogen) atoms. The molecule has 8 nitrogen and oxygen atoms in total. The van der Waals surface area contributed by atoms with Crippen LogP contribution in [0, 0.1) is 0 Å². The number of rotatable bonds is 9. The van der Waals surface area contributed by atoms with E-state index in [0.717, 1.165) is 38.1 Å². The van der Waals surface area contributed by atoms with Gasteiger partial charge < -0.3 is 19.8 Å². The van der Waals surface area contributed by atoms with Crippen LogP contribution in [0.2, 0.25) is 0 Å². The van der Waals surface area contributed by atoms with E-state index in [0.29, 0.717) is 31.0 Å². The van der Waals surface area contributed by atoms with Gasteiger partial charge in [-0.05, 0) is 55.9 Å². The van der Waals surface area contributed by atoms with Gasteiger partial charge in [-0.25, -0.2) is 13.4 Å². The summed E-state index contributed by atoms with van der Waals surface area (Å²) in [5.41, 5.74) is 3.62. The van der Waals surface area contributed by atoms with E-state index < -0.39 is 21.9 Å². The highest BCUT2D eigenvalue weighted by atomic mass is 32.2. The molecule has 12 heteroatoms. The fourth-order valence-corrected chi connectivity index (χ4v) is 5.29. The van der Waals surface area contributed by atoms with Crippen LogP contribution in [-0.4, -0.2) is 69.5 Å². The normalized spacial score (nSPS) is 15.6. The van der Waals surface area contributed by atoms with Crippen LogP contribution in [-0.2, 0) is 9.84 Å². The number of pyridine rings is 1. The van der Waals surface area contributed by atoms with Crippen molar-refractivity contribution in [2.75, 3.05) is 45.3 Å². The summed E-state index contributed by atoms with van der Waals surface area (Å²) in [7, 11) is -2.12. The monoisotopic (exact) mass is 538 g/mol. The minimum absolute atomic E-state index is 0.0145. The van der Waals surface area contributed by atoms with Crippen molar-refractivity contribution in [1.29, 1.82) is 0 Å². The lowest BCUT2D eigenvalue weighted by molar-refractivity contribution is -0.274. The Kier molecular flexibility index (Phi) is 8.10. The predicted octanol–water partition coefficient (Wildman–Crippen LogP) is 4.72. The lowest BCUT2D eigenvalue weighted by atomic mass is 10.2. The summed E-state index contributed by atoms with van der Waals surface area (Å²) in [4.78, 5) is 6.23. The Bertz CT molecular complexity index is 1330. The summed E-state index contributed by atoms with van der Waals surface area (Å²) >= 11 is 0. The van der Waals surface area contributed by atoms with Crippen LogP contribution in [0.25, 0.3) is 10.9 Å². The first-order valence-electron chi connectivity index (χ1n) is 11.9. The quantitative estimate of drug-likeness (QED) is 0.392. The molecule has 1 fully saturated rings. The van der Waals surface area contributed by atoms with Gasteiger partial charge in [0.2, 0.25) is 9.84 Å². The van der Waals surface area contributed by atoms with Gasteiger partial charge in [-0.1, -0.05) is 13.3 Å². The lowest BCUT2D eigenvalue weighted by Gasteiger charge is -2.33. The molecule has 0 unspecified atom stereocenters. The number of nitrogens with one attached hydrogen (secondary N) is 1.